The van der Waals surface area contributed by atoms with Gasteiger partial charge in [0.15, 0.2) is 9.84 Å². The van der Waals surface area contributed by atoms with Gasteiger partial charge in [0.1, 0.15) is 6.04 Å². The van der Waals surface area contributed by atoms with Gasteiger partial charge in [0.2, 0.25) is 5.91 Å². The van der Waals surface area contributed by atoms with Crippen LogP contribution in [-0.4, -0.2) is 32.5 Å². The third-order valence-electron chi connectivity index (χ3n) is 4.60. The van der Waals surface area contributed by atoms with Gasteiger partial charge in [-0.2, -0.15) is 0 Å². The van der Waals surface area contributed by atoms with Crippen molar-refractivity contribution in [2.75, 3.05) is 16.5 Å². The second kappa shape index (κ2) is 7.97. The number of hydrogen-bond acceptors (Lipinski definition) is 4. The van der Waals surface area contributed by atoms with Gasteiger partial charge in [-0.05, 0) is 48.7 Å². The van der Waals surface area contributed by atoms with E-state index in [1.807, 2.05) is 13.8 Å². The number of amides is 2. The zero-order valence-electron chi connectivity index (χ0n) is 16.1. The summed E-state index contributed by atoms with van der Waals surface area (Å²) in [5, 5.41) is 3.30. The fourth-order valence-corrected chi connectivity index (χ4v) is 4.40. The van der Waals surface area contributed by atoms with Gasteiger partial charge < -0.3 is 5.32 Å². The van der Waals surface area contributed by atoms with Crippen LogP contribution in [0.15, 0.2) is 41.3 Å². The quantitative estimate of drug-likeness (QED) is 0.741. The highest BCUT2D eigenvalue weighted by Crippen LogP contribution is 2.37. The lowest BCUT2D eigenvalue weighted by Crippen LogP contribution is -2.51. The monoisotopic (exact) mass is 454 g/mol. The zero-order chi connectivity index (χ0) is 21.5. The van der Waals surface area contributed by atoms with Crippen LogP contribution in [0.2, 0.25) is 10.0 Å². The van der Waals surface area contributed by atoms with E-state index < -0.39 is 21.8 Å². The summed E-state index contributed by atoms with van der Waals surface area (Å²) in [7, 11) is -3.48. The van der Waals surface area contributed by atoms with E-state index in [1.165, 1.54) is 35.2 Å². The minimum atomic E-state index is -3.48. The number of anilines is 2. The van der Waals surface area contributed by atoms with E-state index in [0.717, 1.165) is 6.26 Å². The van der Waals surface area contributed by atoms with Crippen LogP contribution >= 0.6 is 23.2 Å². The number of hydrogen-bond donors (Lipinski definition) is 1. The SMILES string of the molecule is CC(C)CC1C(=O)Nc2cc(S(C)(=O)=O)ccc2N1C(=O)c1ccc(Cl)cc1Cl. The first-order valence-corrected chi connectivity index (χ1v) is 11.6. The second-order valence-electron chi connectivity index (χ2n) is 7.39. The molecule has 154 valence electrons. The van der Waals surface area contributed by atoms with E-state index in [2.05, 4.69) is 5.32 Å². The molecule has 0 radical (unpaired) electrons. The van der Waals surface area contributed by atoms with Gasteiger partial charge in [0.25, 0.3) is 5.91 Å². The summed E-state index contributed by atoms with van der Waals surface area (Å²) in [6.07, 6.45) is 1.51. The van der Waals surface area contributed by atoms with Crippen LogP contribution in [-0.2, 0) is 14.6 Å². The van der Waals surface area contributed by atoms with E-state index in [-0.39, 0.29) is 33.0 Å². The summed E-state index contributed by atoms with van der Waals surface area (Å²) in [5.74, 6) is -0.700. The van der Waals surface area contributed by atoms with Crippen molar-refractivity contribution in [3.05, 3.63) is 52.0 Å². The number of carbonyl (C=O) groups is 2. The first-order chi connectivity index (χ1) is 13.5. The summed E-state index contributed by atoms with van der Waals surface area (Å²) in [4.78, 5) is 27.7. The molecule has 1 unspecified atom stereocenters. The minimum absolute atomic E-state index is 0.0517. The van der Waals surface area contributed by atoms with E-state index in [1.54, 1.807) is 6.07 Å². The first-order valence-electron chi connectivity index (χ1n) is 8.92. The predicted octanol–water partition coefficient (Wildman–Crippen LogP) is 4.41. The van der Waals surface area contributed by atoms with Gasteiger partial charge in [-0.3, -0.25) is 14.5 Å². The average Bonchev–Trinajstić information content (AvgIpc) is 2.60. The number of halogens is 2. The molecule has 1 aliphatic rings. The van der Waals surface area contributed by atoms with Gasteiger partial charge in [-0.1, -0.05) is 37.0 Å². The molecular weight excluding hydrogens is 435 g/mol. The molecule has 1 N–H and O–H groups in total. The maximum Gasteiger partial charge on any atom is 0.260 e. The molecule has 0 aliphatic carbocycles. The largest absolute Gasteiger partial charge is 0.322 e. The molecule has 6 nitrogen and oxygen atoms in total. The Morgan fingerprint density at radius 2 is 1.86 bits per heavy atom. The normalized spacial score (nSPS) is 16.6. The molecule has 1 atom stereocenters. The van der Waals surface area contributed by atoms with Crippen LogP contribution < -0.4 is 10.2 Å². The molecule has 0 fully saturated rings. The number of fused-ring (bicyclic) bond motifs is 1. The number of nitrogens with zero attached hydrogens (tertiary/aromatic N) is 1. The maximum absolute atomic E-state index is 13.4. The molecule has 29 heavy (non-hydrogen) atoms. The third-order valence-corrected chi connectivity index (χ3v) is 6.26. The average molecular weight is 455 g/mol. The predicted molar refractivity (Wildman–Crippen MR) is 115 cm³/mol. The van der Waals surface area contributed by atoms with Crippen molar-refractivity contribution in [1.82, 2.24) is 0 Å². The number of sulfone groups is 1. The smallest absolute Gasteiger partial charge is 0.260 e. The van der Waals surface area contributed by atoms with Crippen molar-refractivity contribution in [2.45, 2.75) is 31.2 Å². The van der Waals surface area contributed by atoms with Gasteiger partial charge in [0, 0.05) is 11.3 Å². The number of rotatable bonds is 4. The fourth-order valence-electron chi connectivity index (χ4n) is 3.26. The number of benzene rings is 2. The Labute approximate surface area is 179 Å². The molecule has 1 heterocycles. The molecule has 2 aromatic carbocycles. The molecule has 0 spiro atoms. The lowest BCUT2D eigenvalue weighted by atomic mass is 9.97. The van der Waals surface area contributed by atoms with Crippen LogP contribution in [0.5, 0.6) is 0 Å². The van der Waals surface area contributed by atoms with E-state index >= 15 is 0 Å². The van der Waals surface area contributed by atoms with Crippen LogP contribution in [0.25, 0.3) is 0 Å². The molecule has 0 aromatic heterocycles. The Balaban J connectivity index is 2.16. The summed E-state index contributed by atoms with van der Waals surface area (Å²) in [5.41, 5.74) is 0.882. The van der Waals surface area contributed by atoms with Crippen LogP contribution in [0, 0.1) is 5.92 Å². The molecule has 1 aliphatic heterocycles. The summed E-state index contributed by atoms with van der Waals surface area (Å²) in [6.45, 7) is 3.90. The third kappa shape index (κ3) is 4.42. The Kier molecular flexibility index (Phi) is 5.94. The Hall–Kier alpha value is -2.09. The van der Waals surface area contributed by atoms with Crippen molar-refractivity contribution >= 4 is 56.2 Å². The molecule has 9 heteroatoms. The van der Waals surface area contributed by atoms with E-state index in [4.69, 9.17) is 23.2 Å². The van der Waals surface area contributed by atoms with Gasteiger partial charge >= 0.3 is 0 Å². The van der Waals surface area contributed by atoms with E-state index in [0.29, 0.717) is 17.1 Å². The van der Waals surface area contributed by atoms with Gasteiger partial charge in [-0.15, -0.1) is 0 Å². The number of carbonyl (C=O) groups excluding carboxylic acids is 2. The Bertz CT molecular complexity index is 1100. The lowest BCUT2D eigenvalue weighted by molar-refractivity contribution is -0.117. The van der Waals surface area contributed by atoms with Gasteiger partial charge in [0.05, 0.1) is 26.9 Å². The highest BCUT2D eigenvalue weighted by atomic mass is 35.5. The van der Waals surface area contributed by atoms with Crippen LogP contribution in [0.1, 0.15) is 30.6 Å². The highest BCUT2D eigenvalue weighted by molar-refractivity contribution is 7.90. The standard InChI is InChI=1S/C20H20Cl2N2O4S/c1-11(2)8-18-19(25)23-16-10-13(29(3,27)28)5-7-17(16)24(18)20(26)14-6-4-12(21)9-15(14)22/h4-7,9-11,18H,8H2,1-3H3,(H,23,25). The van der Waals surface area contributed by atoms with Crippen molar-refractivity contribution in [3.63, 3.8) is 0 Å². The van der Waals surface area contributed by atoms with Crippen LogP contribution in [0.4, 0.5) is 11.4 Å². The Morgan fingerprint density at radius 1 is 1.17 bits per heavy atom. The van der Waals surface area contributed by atoms with Crippen molar-refractivity contribution in [3.8, 4) is 0 Å². The topological polar surface area (TPSA) is 83.6 Å². The Morgan fingerprint density at radius 3 is 2.45 bits per heavy atom. The summed E-state index contributed by atoms with van der Waals surface area (Å²) < 4.78 is 23.8. The van der Waals surface area contributed by atoms with E-state index in [9.17, 15) is 18.0 Å². The lowest BCUT2D eigenvalue weighted by Gasteiger charge is -2.37. The van der Waals surface area contributed by atoms with Crippen molar-refractivity contribution in [1.29, 1.82) is 0 Å². The minimum Gasteiger partial charge on any atom is -0.322 e. The molecule has 3 rings (SSSR count). The summed E-state index contributed by atoms with van der Waals surface area (Å²) >= 11 is 12.2. The number of nitrogens with one attached hydrogen (secondary N) is 1. The van der Waals surface area contributed by atoms with Crippen LogP contribution in [0.3, 0.4) is 0 Å². The highest BCUT2D eigenvalue weighted by Gasteiger charge is 2.38. The van der Waals surface area contributed by atoms with Gasteiger partial charge in [-0.25, -0.2) is 8.42 Å². The first kappa shape index (κ1) is 21.6. The fraction of sp³-hybridized carbons (Fsp3) is 0.300. The molecule has 2 aromatic rings. The summed E-state index contributed by atoms with van der Waals surface area (Å²) in [6, 6.07) is 8.07. The second-order valence-corrected chi connectivity index (χ2v) is 10.2. The van der Waals surface area contributed by atoms with Crippen molar-refractivity contribution < 1.29 is 18.0 Å². The molecule has 0 saturated heterocycles. The molecular formula is C20H20Cl2N2O4S. The van der Waals surface area contributed by atoms with Crippen molar-refractivity contribution in [2.24, 2.45) is 5.92 Å². The maximum atomic E-state index is 13.4. The molecule has 2 amide bonds. The molecule has 0 saturated carbocycles. The molecule has 0 bridgehead atoms. The zero-order valence-corrected chi connectivity index (χ0v) is 18.4.